The number of alkyl halides is 3. The van der Waals surface area contributed by atoms with E-state index in [9.17, 15) is 27.5 Å². The molecule has 2 aromatic rings. The molecule has 218 valence electrons. The highest BCUT2D eigenvalue weighted by Gasteiger charge is 2.28. The number of pyridine rings is 1. The van der Waals surface area contributed by atoms with Gasteiger partial charge in [0.05, 0.1) is 18.3 Å². The van der Waals surface area contributed by atoms with Gasteiger partial charge < -0.3 is 19.3 Å². The lowest BCUT2D eigenvalue weighted by atomic mass is 9.94. The lowest BCUT2D eigenvalue weighted by Gasteiger charge is -2.23. The molecule has 0 aliphatic heterocycles. The molecular formula is C27H35F5N2O5. The molecular weight excluding hydrogens is 527 g/mol. The van der Waals surface area contributed by atoms with Gasteiger partial charge in [0.1, 0.15) is 23.8 Å². The van der Waals surface area contributed by atoms with Crippen molar-refractivity contribution in [2.24, 2.45) is 0 Å². The highest BCUT2D eigenvalue weighted by Crippen LogP contribution is 2.31. The number of halogens is 5. The van der Waals surface area contributed by atoms with E-state index in [1.807, 2.05) is 0 Å². The minimum absolute atomic E-state index is 0.0178. The van der Waals surface area contributed by atoms with E-state index < -0.39 is 47.6 Å². The predicted molar refractivity (Wildman–Crippen MR) is 134 cm³/mol. The van der Waals surface area contributed by atoms with Gasteiger partial charge in [0.15, 0.2) is 5.82 Å². The van der Waals surface area contributed by atoms with Crippen LogP contribution in [0.5, 0.6) is 0 Å². The second-order valence-electron chi connectivity index (χ2n) is 10.5. The third kappa shape index (κ3) is 11.8. The number of hydrogen-bond donors (Lipinski definition) is 2. The van der Waals surface area contributed by atoms with Gasteiger partial charge in [0.2, 0.25) is 0 Å². The molecule has 0 saturated heterocycles. The third-order valence-electron chi connectivity index (χ3n) is 5.20. The van der Waals surface area contributed by atoms with Crippen LogP contribution in [0.15, 0.2) is 30.3 Å². The van der Waals surface area contributed by atoms with E-state index in [0.29, 0.717) is 0 Å². The monoisotopic (exact) mass is 562 g/mol. The number of carbonyl (C=O) groups is 1. The molecule has 0 saturated carbocycles. The fourth-order valence-electron chi connectivity index (χ4n) is 3.47. The van der Waals surface area contributed by atoms with E-state index in [1.165, 1.54) is 32.0 Å². The first kappa shape index (κ1) is 32.4. The fraction of sp³-hybridized carbons (Fsp3) is 0.556. The molecule has 0 aliphatic rings. The Hall–Kier alpha value is -2.83. The lowest BCUT2D eigenvalue weighted by Crippen LogP contribution is -2.35. The maximum atomic E-state index is 15.3. The maximum absolute atomic E-state index is 15.3. The fourth-order valence-corrected chi connectivity index (χ4v) is 3.47. The molecule has 0 spiro atoms. The van der Waals surface area contributed by atoms with Gasteiger partial charge in [-0.15, -0.1) is 0 Å². The number of nitrogens with zero attached hydrogens (tertiary/aromatic N) is 1. The number of amides is 1. The SMILES string of the molecule is CC(C)(C)OC(=O)NCOCC(Cc1cc(C(C)(C)O)c(F)c(-c2ccc(F)cc2)n1)OCCCC(F)(F)F. The van der Waals surface area contributed by atoms with E-state index in [0.717, 1.165) is 12.1 Å². The number of alkyl carbamates (subject to hydrolysis) is 1. The summed E-state index contributed by atoms with van der Waals surface area (Å²) in [4.78, 5) is 16.1. The van der Waals surface area contributed by atoms with Crippen LogP contribution in [0.25, 0.3) is 11.3 Å². The van der Waals surface area contributed by atoms with Crippen LogP contribution in [0.1, 0.15) is 58.7 Å². The van der Waals surface area contributed by atoms with Gasteiger partial charge in [-0.25, -0.2) is 18.6 Å². The van der Waals surface area contributed by atoms with Crippen molar-refractivity contribution in [1.29, 1.82) is 0 Å². The summed E-state index contributed by atoms with van der Waals surface area (Å²) >= 11 is 0. The number of hydrogen-bond acceptors (Lipinski definition) is 6. The van der Waals surface area contributed by atoms with Crippen LogP contribution in [0.3, 0.4) is 0 Å². The number of benzene rings is 1. The zero-order valence-electron chi connectivity index (χ0n) is 22.6. The van der Waals surface area contributed by atoms with Gasteiger partial charge in [-0.3, -0.25) is 5.32 Å². The van der Waals surface area contributed by atoms with E-state index >= 15 is 4.39 Å². The molecule has 0 radical (unpaired) electrons. The molecule has 0 fully saturated rings. The Kier molecular flexibility index (Phi) is 11.2. The van der Waals surface area contributed by atoms with Crippen molar-refractivity contribution in [3.05, 3.63) is 53.2 Å². The molecule has 2 N–H and O–H groups in total. The molecule has 12 heteroatoms. The Bertz CT molecular complexity index is 1080. The number of rotatable bonds is 12. The summed E-state index contributed by atoms with van der Waals surface area (Å²) in [5.41, 5.74) is -2.00. The number of nitrogens with one attached hydrogen (secondary N) is 1. The van der Waals surface area contributed by atoms with Crippen molar-refractivity contribution in [2.75, 3.05) is 19.9 Å². The highest BCUT2D eigenvalue weighted by atomic mass is 19.4. The van der Waals surface area contributed by atoms with Gasteiger partial charge in [-0.05, 0) is 71.4 Å². The van der Waals surface area contributed by atoms with Crippen LogP contribution < -0.4 is 5.32 Å². The predicted octanol–water partition coefficient (Wildman–Crippen LogP) is 6.02. The molecule has 2 rings (SSSR count). The number of aliphatic hydroxyl groups is 1. The van der Waals surface area contributed by atoms with Gasteiger partial charge in [0.25, 0.3) is 0 Å². The molecule has 1 aromatic carbocycles. The topological polar surface area (TPSA) is 89.9 Å². The molecule has 39 heavy (non-hydrogen) atoms. The number of carbonyl (C=O) groups excluding carboxylic acids is 1. The summed E-state index contributed by atoms with van der Waals surface area (Å²) in [6, 6.07) is 6.31. The first-order valence-electron chi connectivity index (χ1n) is 12.4. The van der Waals surface area contributed by atoms with Gasteiger partial charge in [-0.2, -0.15) is 13.2 Å². The van der Waals surface area contributed by atoms with E-state index in [1.54, 1.807) is 20.8 Å². The second-order valence-corrected chi connectivity index (χ2v) is 10.5. The van der Waals surface area contributed by atoms with Gasteiger partial charge >= 0.3 is 12.3 Å². The van der Waals surface area contributed by atoms with Crippen molar-refractivity contribution in [2.45, 2.75) is 77.4 Å². The van der Waals surface area contributed by atoms with Crippen molar-refractivity contribution in [3.8, 4) is 11.3 Å². The Labute approximate surface area is 224 Å². The van der Waals surface area contributed by atoms with Crippen LogP contribution in [0.2, 0.25) is 0 Å². The first-order valence-corrected chi connectivity index (χ1v) is 12.4. The van der Waals surface area contributed by atoms with Crippen LogP contribution >= 0.6 is 0 Å². The average molecular weight is 563 g/mol. The Balaban J connectivity index is 2.23. The van der Waals surface area contributed by atoms with Crippen LogP contribution in [0.4, 0.5) is 26.7 Å². The lowest BCUT2D eigenvalue weighted by molar-refractivity contribution is -0.139. The quantitative estimate of drug-likeness (QED) is 0.187. The van der Waals surface area contributed by atoms with Gasteiger partial charge in [0, 0.05) is 36.3 Å². The van der Waals surface area contributed by atoms with Crippen molar-refractivity contribution < 1.29 is 46.1 Å². The summed E-state index contributed by atoms with van der Waals surface area (Å²) in [5, 5.41) is 13.0. The van der Waals surface area contributed by atoms with Crippen molar-refractivity contribution >= 4 is 6.09 Å². The smallest absolute Gasteiger partial charge is 0.409 e. The van der Waals surface area contributed by atoms with Gasteiger partial charge in [-0.1, -0.05) is 0 Å². The van der Waals surface area contributed by atoms with Crippen LogP contribution in [-0.4, -0.2) is 54.0 Å². The zero-order chi connectivity index (χ0) is 29.4. The van der Waals surface area contributed by atoms with E-state index in [-0.39, 0.29) is 55.3 Å². The minimum atomic E-state index is -4.34. The Morgan fingerprint density at radius 1 is 1.08 bits per heavy atom. The summed E-state index contributed by atoms with van der Waals surface area (Å²) < 4.78 is 82.7. The molecule has 1 unspecified atom stereocenters. The van der Waals surface area contributed by atoms with E-state index in [4.69, 9.17) is 14.2 Å². The largest absolute Gasteiger partial charge is 0.444 e. The molecule has 7 nitrogen and oxygen atoms in total. The summed E-state index contributed by atoms with van der Waals surface area (Å²) in [6.07, 6.45) is -7.22. The zero-order valence-corrected chi connectivity index (χ0v) is 22.6. The molecule has 1 heterocycles. The molecule has 1 aromatic heterocycles. The number of aromatic nitrogens is 1. The van der Waals surface area contributed by atoms with Crippen LogP contribution in [-0.2, 0) is 26.2 Å². The van der Waals surface area contributed by atoms with E-state index in [2.05, 4.69) is 10.3 Å². The Morgan fingerprint density at radius 2 is 1.72 bits per heavy atom. The molecule has 1 atom stereocenters. The third-order valence-corrected chi connectivity index (χ3v) is 5.20. The summed E-state index contributed by atoms with van der Waals surface area (Å²) in [7, 11) is 0. The summed E-state index contributed by atoms with van der Waals surface area (Å²) in [5.74, 6) is -1.32. The molecule has 0 aliphatic carbocycles. The normalized spacial score (nSPS) is 13.3. The van der Waals surface area contributed by atoms with Crippen molar-refractivity contribution in [3.63, 3.8) is 0 Å². The number of ether oxygens (including phenoxy) is 3. The highest BCUT2D eigenvalue weighted by molar-refractivity contribution is 5.67. The van der Waals surface area contributed by atoms with Crippen molar-refractivity contribution in [1.82, 2.24) is 10.3 Å². The maximum Gasteiger partial charge on any atom is 0.409 e. The molecule has 1 amide bonds. The average Bonchev–Trinajstić information content (AvgIpc) is 2.78. The standard InChI is InChI=1S/C27H35F5N2O5/c1-25(2,3)39-24(35)33-16-37-15-20(38-12-6-11-27(30,31)32)13-19-14-21(26(4,5)36)22(29)23(34-19)17-7-9-18(28)10-8-17/h7-10,14,20,36H,6,11-13,15-16H2,1-5H3,(H,33,35). The first-order chi connectivity index (χ1) is 17.9. The van der Waals surface area contributed by atoms with Crippen LogP contribution in [0, 0.1) is 11.6 Å². The second kappa shape index (κ2) is 13.5. The summed E-state index contributed by atoms with van der Waals surface area (Å²) in [6.45, 7) is 7.20. The minimum Gasteiger partial charge on any atom is -0.444 e. The Morgan fingerprint density at radius 3 is 2.28 bits per heavy atom. The molecule has 0 bridgehead atoms.